The number of aromatic nitrogens is 2. The second-order valence-corrected chi connectivity index (χ2v) is 5.21. The molecule has 16 heavy (non-hydrogen) atoms. The molecule has 0 bridgehead atoms. The normalized spacial score (nSPS) is 10.4. The average Bonchev–Trinajstić information content (AvgIpc) is 2.63. The predicted molar refractivity (Wildman–Crippen MR) is 68.2 cm³/mol. The van der Waals surface area contributed by atoms with Crippen molar-refractivity contribution >= 4 is 28.6 Å². The molecule has 0 radical (unpaired) electrons. The smallest absolute Gasteiger partial charge is 0.207 e. The summed E-state index contributed by atoms with van der Waals surface area (Å²) in [6.07, 6.45) is 0. The Kier molecular flexibility index (Phi) is 3.41. The van der Waals surface area contributed by atoms with E-state index in [4.69, 9.17) is 11.6 Å². The van der Waals surface area contributed by atoms with Gasteiger partial charge in [-0.3, -0.25) is 0 Å². The van der Waals surface area contributed by atoms with E-state index >= 15 is 0 Å². The standard InChI is InChI=1S/C11H12ClN3S/c1-7-4-3-5-8(2)10(7)13-6-9-14-15-11(12)16-9/h3-5,13H,6H2,1-2H3. The van der Waals surface area contributed by atoms with Gasteiger partial charge in [0.2, 0.25) is 4.47 Å². The number of rotatable bonds is 3. The van der Waals surface area contributed by atoms with Crippen LogP contribution in [-0.2, 0) is 6.54 Å². The van der Waals surface area contributed by atoms with Crippen molar-refractivity contribution in [2.24, 2.45) is 0 Å². The van der Waals surface area contributed by atoms with Gasteiger partial charge in [-0.05, 0) is 36.6 Å². The number of hydrogen-bond donors (Lipinski definition) is 1. The maximum Gasteiger partial charge on any atom is 0.207 e. The Labute approximate surface area is 103 Å². The van der Waals surface area contributed by atoms with Crippen LogP contribution in [-0.4, -0.2) is 10.2 Å². The Morgan fingerprint density at radius 2 is 1.94 bits per heavy atom. The van der Waals surface area contributed by atoms with E-state index in [0.29, 0.717) is 11.0 Å². The van der Waals surface area contributed by atoms with Crippen molar-refractivity contribution in [3.8, 4) is 0 Å². The minimum Gasteiger partial charge on any atom is -0.378 e. The molecule has 84 valence electrons. The monoisotopic (exact) mass is 253 g/mol. The number of anilines is 1. The number of nitrogens with one attached hydrogen (secondary N) is 1. The number of para-hydroxylation sites is 1. The van der Waals surface area contributed by atoms with Crippen molar-refractivity contribution < 1.29 is 0 Å². The molecule has 3 nitrogen and oxygen atoms in total. The predicted octanol–water partition coefficient (Wildman–Crippen LogP) is 3.42. The van der Waals surface area contributed by atoms with Gasteiger partial charge in [0, 0.05) is 5.69 Å². The van der Waals surface area contributed by atoms with Crippen molar-refractivity contribution in [1.29, 1.82) is 0 Å². The molecular formula is C11H12ClN3S. The third-order valence-corrected chi connectivity index (χ3v) is 3.36. The van der Waals surface area contributed by atoms with E-state index in [9.17, 15) is 0 Å². The lowest BCUT2D eigenvalue weighted by atomic mass is 10.1. The van der Waals surface area contributed by atoms with Gasteiger partial charge >= 0.3 is 0 Å². The van der Waals surface area contributed by atoms with E-state index in [-0.39, 0.29) is 0 Å². The van der Waals surface area contributed by atoms with Crippen LogP contribution in [0.4, 0.5) is 5.69 Å². The van der Waals surface area contributed by atoms with Crippen molar-refractivity contribution in [2.75, 3.05) is 5.32 Å². The molecule has 0 aliphatic rings. The molecule has 1 heterocycles. The number of hydrogen-bond acceptors (Lipinski definition) is 4. The Morgan fingerprint density at radius 1 is 1.25 bits per heavy atom. The molecule has 5 heteroatoms. The maximum absolute atomic E-state index is 5.72. The fourth-order valence-electron chi connectivity index (χ4n) is 1.56. The van der Waals surface area contributed by atoms with Crippen molar-refractivity contribution in [3.05, 3.63) is 38.8 Å². The van der Waals surface area contributed by atoms with Gasteiger partial charge in [-0.2, -0.15) is 0 Å². The molecule has 0 amide bonds. The lowest BCUT2D eigenvalue weighted by Gasteiger charge is -2.10. The average molecular weight is 254 g/mol. The summed E-state index contributed by atoms with van der Waals surface area (Å²) in [4.78, 5) is 0. The first-order chi connectivity index (χ1) is 7.66. The summed E-state index contributed by atoms with van der Waals surface area (Å²) < 4.78 is 0.485. The van der Waals surface area contributed by atoms with Crippen LogP contribution >= 0.6 is 22.9 Å². The molecule has 2 rings (SSSR count). The van der Waals surface area contributed by atoms with E-state index < -0.39 is 0 Å². The van der Waals surface area contributed by atoms with Crippen molar-refractivity contribution in [3.63, 3.8) is 0 Å². The Morgan fingerprint density at radius 3 is 2.50 bits per heavy atom. The third-order valence-electron chi connectivity index (χ3n) is 2.34. The maximum atomic E-state index is 5.72. The third kappa shape index (κ3) is 2.51. The molecule has 0 spiro atoms. The Hall–Kier alpha value is -1.13. The zero-order valence-electron chi connectivity index (χ0n) is 9.12. The van der Waals surface area contributed by atoms with E-state index in [2.05, 4.69) is 47.6 Å². The zero-order chi connectivity index (χ0) is 11.5. The van der Waals surface area contributed by atoms with Gasteiger partial charge in [-0.1, -0.05) is 29.5 Å². The van der Waals surface area contributed by atoms with Gasteiger partial charge in [-0.25, -0.2) is 0 Å². The molecule has 0 saturated heterocycles. The summed E-state index contributed by atoms with van der Waals surface area (Å²) in [5, 5.41) is 12.0. The van der Waals surface area contributed by atoms with Crippen LogP contribution in [0.2, 0.25) is 4.47 Å². The molecule has 1 aromatic carbocycles. The molecule has 0 aliphatic carbocycles. The topological polar surface area (TPSA) is 37.8 Å². The second kappa shape index (κ2) is 4.80. The highest BCUT2D eigenvalue weighted by Crippen LogP contribution is 2.21. The van der Waals surface area contributed by atoms with Gasteiger partial charge in [0.15, 0.2) is 0 Å². The Bertz CT molecular complexity index is 475. The van der Waals surface area contributed by atoms with Gasteiger partial charge in [0.05, 0.1) is 6.54 Å². The van der Waals surface area contributed by atoms with E-state index in [1.54, 1.807) is 0 Å². The van der Waals surface area contributed by atoms with E-state index in [1.807, 2.05) is 0 Å². The highest BCUT2D eigenvalue weighted by atomic mass is 35.5. The van der Waals surface area contributed by atoms with Gasteiger partial charge in [-0.15, -0.1) is 10.2 Å². The largest absolute Gasteiger partial charge is 0.378 e. The fourth-order valence-corrected chi connectivity index (χ4v) is 2.37. The minimum absolute atomic E-state index is 0.485. The lowest BCUT2D eigenvalue weighted by molar-refractivity contribution is 0.987. The summed E-state index contributed by atoms with van der Waals surface area (Å²) in [6.45, 7) is 4.83. The second-order valence-electron chi connectivity index (χ2n) is 3.57. The van der Waals surface area contributed by atoms with E-state index in [1.165, 1.54) is 22.5 Å². The van der Waals surface area contributed by atoms with Crippen LogP contribution in [0.5, 0.6) is 0 Å². The summed E-state index contributed by atoms with van der Waals surface area (Å²) in [7, 11) is 0. The zero-order valence-corrected chi connectivity index (χ0v) is 10.7. The number of aryl methyl sites for hydroxylation is 2. The first-order valence-electron chi connectivity index (χ1n) is 4.95. The molecule has 0 saturated carbocycles. The number of nitrogens with zero attached hydrogens (tertiary/aromatic N) is 2. The van der Waals surface area contributed by atoms with Gasteiger partial charge in [0.25, 0.3) is 0 Å². The molecule has 1 N–H and O–H groups in total. The number of halogens is 1. The summed E-state index contributed by atoms with van der Waals surface area (Å²) in [5.74, 6) is 0. The SMILES string of the molecule is Cc1cccc(C)c1NCc1nnc(Cl)s1. The van der Waals surface area contributed by atoms with E-state index in [0.717, 1.165) is 10.7 Å². The van der Waals surface area contributed by atoms with Crippen molar-refractivity contribution in [2.45, 2.75) is 20.4 Å². The molecule has 1 aromatic heterocycles. The highest BCUT2D eigenvalue weighted by Gasteiger charge is 2.04. The first-order valence-corrected chi connectivity index (χ1v) is 6.14. The highest BCUT2D eigenvalue weighted by molar-refractivity contribution is 7.15. The van der Waals surface area contributed by atoms with Crippen LogP contribution < -0.4 is 5.32 Å². The van der Waals surface area contributed by atoms with Crippen LogP contribution in [0.1, 0.15) is 16.1 Å². The molecule has 2 aromatic rings. The van der Waals surface area contributed by atoms with Gasteiger partial charge in [0.1, 0.15) is 5.01 Å². The summed E-state index contributed by atoms with van der Waals surface area (Å²) in [5.41, 5.74) is 3.63. The minimum atomic E-state index is 0.485. The molecule has 0 aliphatic heterocycles. The fraction of sp³-hybridized carbons (Fsp3) is 0.273. The van der Waals surface area contributed by atoms with Crippen LogP contribution in [0.25, 0.3) is 0 Å². The summed E-state index contributed by atoms with van der Waals surface area (Å²) >= 11 is 7.12. The van der Waals surface area contributed by atoms with Gasteiger partial charge < -0.3 is 5.32 Å². The van der Waals surface area contributed by atoms with Crippen molar-refractivity contribution in [1.82, 2.24) is 10.2 Å². The quantitative estimate of drug-likeness (QED) is 0.911. The summed E-state index contributed by atoms with van der Waals surface area (Å²) in [6, 6.07) is 6.22. The molecule has 0 fully saturated rings. The van der Waals surface area contributed by atoms with Crippen LogP contribution in [0, 0.1) is 13.8 Å². The lowest BCUT2D eigenvalue weighted by Crippen LogP contribution is -2.02. The number of benzene rings is 1. The molecule has 0 atom stereocenters. The molecule has 0 unspecified atom stereocenters. The molecular weight excluding hydrogens is 242 g/mol. The first kappa shape index (κ1) is 11.4. The Balaban J connectivity index is 2.10. The van der Waals surface area contributed by atoms with Crippen LogP contribution in [0.3, 0.4) is 0 Å². The van der Waals surface area contributed by atoms with Crippen LogP contribution in [0.15, 0.2) is 18.2 Å².